The van der Waals surface area contributed by atoms with Crippen LogP contribution in [-0.4, -0.2) is 53.7 Å². The Hall–Kier alpha value is -3.07. The van der Waals surface area contributed by atoms with E-state index in [-0.39, 0.29) is 5.91 Å². The third-order valence-electron chi connectivity index (χ3n) is 6.29. The zero-order chi connectivity index (χ0) is 26.2. The molecule has 1 aliphatic rings. The van der Waals surface area contributed by atoms with E-state index in [4.69, 9.17) is 4.98 Å². The molecule has 0 unspecified atom stereocenters. The van der Waals surface area contributed by atoms with Crippen LogP contribution < -0.4 is 10.6 Å². The summed E-state index contributed by atoms with van der Waals surface area (Å²) in [6, 6.07) is 6.14. The minimum Gasteiger partial charge on any atom is -0.448 e. The Bertz CT molecular complexity index is 982. The van der Waals surface area contributed by atoms with Gasteiger partial charge in [-0.1, -0.05) is 45.4 Å². The molecule has 36 heavy (non-hydrogen) atoms. The maximum absolute atomic E-state index is 12.1. The molecule has 1 fully saturated rings. The molecule has 0 bridgehead atoms. The van der Waals surface area contributed by atoms with E-state index in [0.29, 0.717) is 31.2 Å². The summed E-state index contributed by atoms with van der Waals surface area (Å²) in [5, 5.41) is 6.35. The van der Waals surface area contributed by atoms with Crippen molar-refractivity contribution in [2.24, 2.45) is 12.0 Å². The van der Waals surface area contributed by atoms with Crippen molar-refractivity contribution in [3.05, 3.63) is 29.6 Å². The van der Waals surface area contributed by atoms with Gasteiger partial charge in [0.1, 0.15) is 12.1 Å². The number of carbonyl (C=O) groups excluding carboxylic acids is 3. The molecule has 0 atom stereocenters. The Morgan fingerprint density at radius 2 is 2.00 bits per heavy atom. The maximum atomic E-state index is 12.1. The van der Waals surface area contributed by atoms with Crippen molar-refractivity contribution in [3.63, 3.8) is 0 Å². The molecule has 198 valence electrons. The van der Waals surface area contributed by atoms with E-state index in [1.54, 1.807) is 6.07 Å². The normalized spacial score (nSPS) is 13.5. The number of fused-ring (bicyclic) bond motifs is 1. The van der Waals surface area contributed by atoms with Crippen LogP contribution in [-0.2, 0) is 23.1 Å². The molecule has 1 aliphatic carbocycles. The number of ether oxygens (including phenoxy) is 1. The number of hydrogen-bond acceptors (Lipinski definition) is 6. The van der Waals surface area contributed by atoms with Gasteiger partial charge in [-0.15, -0.1) is 0 Å². The van der Waals surface area contributed by atoms with Crippen LogP contribution in [0.25, 0.3) is 11.0 Å². The number of aryl methyl sites for hydroxylation is 1. The largest absolute Gasteiger partial charge is 0.448 e. The van der Waals surface area contributed by atoms with Crippen LogP contribution in [0, 0.1) is 0 Å². The molecule has 1 aromatic heterocycles. The average Bonchev–Trinajstić information content (AvgIpc) is 3.22. The lowest BCUT2D eigenvalue weighted by molar-refractivity contribution is -0.107. The summed E-state index contributed by atoms with van der Waals surface area (Å²) in [5.74, 6) is 0.815. The van der Waals surface area contributed by atoms with Crippen molar-refractivity contribution < 1.29 is 19.1 Å². The van der Waals surface area contributed by atoms with E-state index in [9.17, 15) is 14.4 Å². The summed E-state index contributed by atoms with van der Waals surface area (Å²) in [5.41, 5.74) is 2.42. The van der Waals surface area contributed by atoms with Crippen LogP contribution in [0.3, 0.4) is 0 Å². The molecular formula is C27H41N5O4. The highest BCUT2D eigenvalue weighted by molar-refractivity contribution is 5.97. The third-order valence-corrected chi connectivity index (χ3v) is 6.29. The van der Waals surface area contributed by atoms with Gasteiger partial charge in [0, 0.05) is 31.6 Å². The highest BCUT2D eigenvalue weighted by Gasteiger charge is 2.15. The van der Waals surface area contributed by atoms with Crippen LogP contribution in [0.15, 0.2) is 23.2 Å². The molecule has 9 nitrogen and oxygen atoms in total. The first-order chi connectivity index (χ1) is 17.5. The Labute approximate surface area is 214 Å². The van der Waals surface area contributed by atoms with Crippen LogP contribution in [0.1, 0.15) is 87.3 Å². The SMILES string of the molecule is C=NC(=O)OCCCCCC.Cn1c(CNC2CCCCC2)nc2cc(C(=O)NCCC=O)ccc21. The highest BCUT2D eigenvalue weighted by Crippen LogP contribution is 2.20. The topological polar surface area (TPSA) is 115 Å². The second-order valence-corrected chi connectivity index (χ2v) is 9.05. The van der Waals surface area contributed by atoms with Gasteiger partial charge in [-0.25, -0.2) is 9.78 Å². The van der Waals surface area contributed by atoms with Crippen molar-refractivity contribution in [2.45, 2.75) is 83.7 Å². The lowest BCUT2D eigenvalue weighted by Gasteiger charge is -2.22. The van der Waals surface area contributed by atoms with Crippen LogP contribution in [0.4, 0.5) is 4.79 Å². The standard InChI is InChI=1S/C19H26N4O2.C8H15NO2/c1-23-17-9-8-14(19(25)20-10-5-11-24)12-16(17)22-18(23)13-21-15-6-3-2-4-7-15;1-3-4-5-6-7-11-8(10)9-2/h8-9,11-12,15,21H,2-7,10,13H2,1H3,(H,20,25);2-7H2,1H3. The van der Waals surface area contributed by atoms with Crippen molar-refractivity contribution in [2.75, 3.05) is 13.2 Å². The molecule has 3 rings (SSSR count). The molecule has 9 heteroatoms. The molecule has 1 heterocycles. The zero-order valence-corrected chi connectivity index (χ0v) is 21.8. The van der Waals surface area contributed by atoms with E-state index in [1.807, 2.05) is 19.2 Å². The summed E-state index contributed by atoms with van der Waals surface area (Å²) in [4.78, 5) is 40.6. The molecule has 1 saturated carbocycles. The number of hydrogen-bond donors (Lipinski definition) is 2. The lowest BCUT2D eigenvalue weighted by Crippen LogP contribution is -2.31. The minimum atomic E-state index is -0.568. The zero-order valence-electron chi connectivity index (χ0n) is 21.8. The van der Waals surface area contributed by atoms with Crippen LogP contribution >= 0.6 is 0 Å². The van der Waals surface area contributed by atoms with Crippen LogP contribution in [0.5, 0.6) is 0 Å². The number of unbranched alkanes of at least 4 members (excludes halogenated alkanes) is 3. The van der Waals surface area contributed by atoms with E-state index < -0.39 is 6.09 Å². The molecule has 0 aliphatic heterocycles. The number of carbonyl (C=O) groups is 3. The molecule has 0 radical (unpaired) electrons. The second-order valence-electron chi connectivity index (χ2n) is 9.05. The number of imidazole rings is 1. The fourth-order valence-electron chi connectivity index (χ4n) is 4.17. The number of rotatable bonds is 12. The van der Waals surface area contributed by atoms with Gasteiger partial charge >= 0.3 is 6.09 Å². The molecule has 0 saturated heterocycles. The molecule has 0 spiro atoms. The van der Waals surface area contributed by atoms with Gasteiger partial charge in [-0.3, -0.25) is 4.79 Å². The smallest absolute Gasteiger partial charge is 0.432 e. The number of amides is 2. The number of aromatic nitrogens is 2. The molecule has 2 amide bonds. The number of nitrogens with one attached hydrogen (secondary N) is 2. The maximum Gasteiger partial charge on any atom is 0.432 e. The lowest BCUT2D eigenvalue weighted by atomic mass is 9.95. The number of aldehydes is 1. The first kappa shape index (κ1) is 29.2. The molecule has 2 N–H and O–H groups in total. The summed E-state index contributed by atoms with van der Waals surface area (Å²) < 4.78 is 6.75. The third kappa shape index (κ3) is 9.89. The monoisotopic (exact) mass is 499 g/mol. The Balaban J connectivity index is 0.000000352. The first-order valence-electron chi connectivity index (χ1n) is 13.0. The number of nitrogens with zero attached hydrogens (tertiary/aromatic N) is 3. The average molecular weight is 500 g/mol. The van der Waals surface area contributed by atoms with E-state index in [2.05, 4.69) is 38.6 Å². The number of aliphatic imine (C=N–C) groups is 1. The fourth-order valence-corrected chi connectivity index (χ4v) is 4.17. The van der Waals surface area contributed by atoms with E-state index in [0.717, 1.165) is 42.5 Å². The Morgan fingerprint density at radius 3 is 2.69 bits per heavy atom. The first-order valence-corrected chi connectivity index (χ1v) is 13.0. The van der Waals surface area contributed by atoms with Crippen molar-refractivity contribution in [1.29, 1.82) is 0 Å². The molecular weight excluding hydrogens is 458 g/mol. The van der Waals surface area contributed by atoms with Gasteiger partial charge in [0.2, 0.25) is 0 Å². The Morgan fingerprint density at radius 1 is 1.22 bits per heavy atom. The van der Waals surface area contributed by atoms with Gasteiger partial charge in [0.05, 0.1) is 24.2 Å². The van der Waals surface area contributed by atoms with Crippen molar-refractivity contribution in [1.82, 2.24) is 20.2 Å². The molecule has 2 aromatic rings. The van der Waals surface area contributed by atoms with Crippen LogP contribution in [0.2, 0.25) is 0 Å². The van der Waals surface area contributed by atoms with Crippen molar-refractivity contribution >= 4 is 36.0 Å². The summed E-state index contributed by atoms with van der Waals surface area (Å²) in [6.07, 6.45) is 11.4. The van der Waals surface area contributed by atoms with Gasteiger partial charge in [-0.05, 0) is 44.2 Å². The minimum absolute atomic E-state index is 0.170. The van der Waals surface area contributed by atoms with Crippen molar-refractivity contribution in [3.8, 4) is 0 Å². The predicted molar refractivity (Wildman–Crippen MR) is 142 cm³/mol. The van der Waals surface area contributed by atoms with Gasteiger partial charge < -0.3 is 24.7 Å². The molecule has 1 aromatic carbocycles. The Kier molecular flexibility index (Phi) is 13.4. The number of benzene rings is 1. The van der Waals surface area contributed by atoms with E-state index in [1.165, 1.54) is 44.9 Å². The van der Waals surface area contributed by atoms with Gasteiger partial charge in [0.25, 0.3) is 5.91 Å². The summed E-state index contributed by atoms with van der Waals surface area (Å²) >= 11 is 0. The predicted octanol–water partition coefficient (Wildman–Crippen LogP) is 4.72. The van der Waals surface area contributed by atoms with E-state index >= 15 is 0 Å². The van der Waals surface area contributed by atoms with Gasteiger partial charge in [-0.2, -0.15) is 4.99 Å². The van der Waals surface area contributed by atoms with Gasteiger partial charge in [0.15, 0.2) is 0 Å². The quantitative estimate of drug-likeness (QED) is 0.248. The summed E-state index contributed by atoms with van der Waals surface area (Å²) in [7, 11) is 2.01. The fraction of sp³-hybridized carbons (Fsp3) is 0.593. The summed E-state index contributed by atoms with van der Waals surface area (Å²) in [6.45, 7) is 6.76. The second kappa shape index (κ2) is 16.6. The highest BCUT2D eigenvalue weighted by atomic mass is 16.5.